The van der Waals surface area contributed by atoms with E-state index in [2.05, 4.69) is 15.2 Å². The molecule has 0 aliphatic carbocycles. The molecule has 0 spiro atoms. The van der Waals surface area contributed by atoms with E-state index in [-0.39, 0.29) is 24.2 Å². The van der Waals surface area contributed by atoms with Crippen molar-refractivity contribution >= 4 is 11.8 Å². The minimum Gasteiger partial charge on any atom is -0.375 e. The monoisotopic (exact) mass is 253 g/mol. The number of hydrogen-bond acceptors (Lipinski definition) is 5. The molecule has 1 aliphatic rings. The third-order valence-electron chi connectivity index (χ3n) is 2.80. The number of carbonyl (C=O) groups excluding carboxylic acids is 2. The molecule has 1 N–H and O–H groups in total. The Hall–Kier alpha value is -1.96. The number of piperazine rings is 1. The van der Waals surface area contributed by atoms with Gasteiger partial charge in [-0.25, -0.2) is 4.98 Å². The maximum Gasteiger partial charge on any atom is 0.291 e. The summed E-state index contributed by atoms with van der Waals surface area (Å²) in [7, 11) is 1.49. The molecule has 8 heteroatoms. The average molecular weight is 253 g/mol. The van der Waals surface area contributed by atoms with Crippen molar-refractivity contribution in [2.75, 3.05) is 39.9 Å². The van der Waals surface area contributed by atoms with Crippen molar-refractivity contribution < 1.29 is 14.3 Å². The standard InChI is InChI=1S/C10H15N5O3/c1-18-6-8(16)14-2-4-15(5-3-14)10(17)9-11-7-12-13-9/h7H,2-6H2,1H3,(H,11,12,13). The topological polar surface area (TPSA) is 91.4 Å². The van der Waals surface area contributed by atoms with Crippen LogP contribution in [0, 0.1) is 0 Å². The molecule has 0 unspecified atom stereocenters. The molecule has 2 amide bonds. The molecule has 0 atom stereocenters. The average Bonchev–Trinajstić information content (AvgIpc) is 2.92. The third kappa shape index (κ3) is 2.65. The molecule has 1 aliphatic heterocycles. The van der Waals surface area contributed by atoms with E-state index >= 15 is 0 Å². The largest absolute Gasteiger partial charge is 0.375 e. The fourth-order valence-corrected chi connectivity index (χ4v) is 1.83. The quantitative estimate of drug-likeness (QED) is 0.725. The maximum absolute atomic E-state index is 11.9. The number of nitrogens with zero attached hydrogens (tertiary/aromatic N) is 4. The Labute approximate surface area is 104 Å². The van der Waals surface area contributed by atoms with E-state index in [9.17, 15) is 9.59 Å². The molecule has 2 heterocycles. The summed E-state index contributed by atoms with van der Waals surface area (Å²) in [6.07, 6.45) is 1.30. The van der Waals surface area contributed by atoms with Gasteiger partial charge >= 0.3 is 0 Å². The molecule has 0 aromatic carbocycles. The van der Waals surface area contributed by atoms with Crippen LogP contribution >= 0.6 is 0 Å². The first-order valence-electron chi connectivity index (χ1n) is 5.63. The fraction of sp³-hybridized carbons (Fsp3) is 0.600. The molecule has 1 saturated heterocycles. The number of H-pyrrole nitrogens is 1. The summed E-state index contributed by atoms with van der Waals surface area (Å²) in [4.78, 5) is 30.7. The number of nitrogens with one attached hydrogen (secondary N) is 1. The first-order chi connectivity index (χ1) is 8.72. The van der Waals surface area contributed by atoms with Crippen LogP contribution in [0.5, 0.6) is 0 Å². The summed E-state index contributed by atoms with van der Waals surface area (Å²) in [6, 6.07) is 0. The molecule has 0 bridgehead atoms. The van der Waals surface area contributed by atoms with Crippen molar-refractivity contribution in [1.29, 1.82) is 0 Å². The van der Waals surface area contributed by atoms with Crippen LogP contribution in [-0.4, -0.2) is 76.7 Å². The van der Waals surface area contributed by atoms with Gasteiger partial charge in [0.15, 0.2) is 0 Å². The zero-order chi connectivity index (χ0) is 13.0. The van der Waals surface area contributed by atoms with E-state index in [1.165, 1.54) is 13.4 Å². The van der Waals surface area contributed by atoms with Gasteiger partial charge in [0.25, 0.3) is 5.91 Å². The van der Waals surface area contributed by atoms with Crippen molar-refractivity contribution in [3.8, 4) is 0 Å². The van der Waals surface area contributed by atoms with Crippen LogP contribution in [-0.2, 0) is 9.53 Å². The van der Waals surface area contributed by atoms with Gasteiger partial charge in [0.05, 0.1) is 0 Å². The van der Waals surface area contributed by atoms with Gasteiger partial charge < -0.3 is 14.5 Å². The smallest absolute Gasteiger partial charge is 0.291 e. The van der Waals surface area contributed by atoms with E-state index in [0.717, 1.165) is 0 Å². The Bertz CT molecular complexity index is 411. The molecule has 18 heavy (non-hydrogen) atoms. The molecule has 1 aromatic heterocycles. The highest BCUT2D eigenvalue weighted by molar-refractivity contribution is 5.90. The van der Waals surface area contributed by atoms with Crippen molar-refractivity contribution in [3.63, 3.8) is 0 Å². The molecular formula is C10H15N5O3. The van der Waals surface area contributed by atoms with E-state index < -0.39 is 0 Å². The van der Waals surface area contributed by atoms with Gasteiger partial charge in [0.2, 0.25) is 11.7 Å². The van der Waals surface area contributed by atoms with Gasteiger partial charge in [0, 0.05) is 33.3 Å². The van der Waals surface area contributed by atoms with Crippen LogP contribution in [0.15, 0.2) is 6.33 Å². The highest BCUT2D eigenvalue weighted by Gasteiger charge is 2.25. The summed E-state index contributed by atoms with van der Waals surface area (Å²) in [5.41, 5.74) is 0. The van der Waals surface area contributed by atoms with Crippen LogP contribution in [0.25, 0.3) is 0 Å². The van der Waals surface area contributed by atoms with Crippen LogP contribution in [0.2, 0.25) is 0 Å². The van der Waals surface area contributed by atoms with Gasteiger partial charge in [-0.05, 0) is 0 Å². The van der Waals surface area contributed by atoms with E-state index in [1.807, 2.05) is 0 Å². The summed E-state index contributed by atoms with van der Waals surface area (Å²) >= 11 is 0. The number of aromatic nitrogens is 3. The SMILES string of the molecule is COCC(=O)N1CCN(C(=O)c2ncn[nH]2)CC1. The maximum atomic E-state index is 11.9. The zero-order valence-electron chi connectivity index (χ0n) is 10.1. The summed E-state index contributed by atoms with van der Waals surface area (Å²) < 4.78 is 4.80. The van der Waals surface area contributed by atoms with Gasteiger partial charge in [0.1, 0.15) is 12.9 Å². The van der Waals surface area contributed by atoms with Crippen LogP contribution in [0.4, 0.5) is 0 Å². The molecule has 8 nitrogen and oxygen atoms in total. The summed E-state index contributed by atoms with van der Waals surface area (Å²) in [6.45, 7) is 2.10. The second-order valence-corrected chi connectivity index (χ2v) is 3.94. The summed E-state index contributed by atoms with van der Waals surface area (Å²) in [5, 5.41) is 6.18. The van der Waals surface area contributed by atoms with Crippen molar-refractivity contribution in [2.24, 2.45) is 0 Å². The molecule has 1 aromatic rings. The molecule has 0 radical (unpaired) electrons. The van der Waals surface area contributed by atoms with Crippen molar-refractivity contribution in [2.45, 2.75) is 0 Å². The second kappa shape index (κ2) is 5.58. The minimum atomic E-state index is -0.189. The van der Waals surface area contributed by atoms with Gasteiger partial charge in [-0.1, -0.05) is 0 Å². The number of methoxy groups -OCH3 is 1. The van der Waals surface area contributed by atoms with E-state index in [4.69, 9.17) is 4.74 Å². The van der Waals surface area contributed by atoms with Crippen molar-refractivity contribution in [1.82, 2.24) is 25.0 Å². The fourth-order valence-electron chi connectivity index (χ4n) is 1.83. The zero-order valence-corrected chi connectivity index (χ0v) is 10.1. The minimum absolute atomic E-state index is 0.0516. The Balaban J connectivity index is 1.87. The number of aromatic amines is 1. The number of carbonyl (C=O) groups is 2. The lowest BCUT2D eigenvalue weighted by Gasteiger charge is -2.34. The number of amides is 2. The molecule has 98 valence electrons. The number of rotatable bonds is 3. The third-order valence-corrected chi connectivity index (χ3v) is 2.80. The lowest BCUT2D eigenvalue weighted by Crippen LogP contribution is -2.51. The lowest BCUT2D eigenvalue weighted by atomic mass is 10.3. The molecule has 2 rings (SSSR count). The second-order valence-electron chi connectivity index (χ2n) is 3.94. The van der Waals surface area contributed by atoms with Gasteiger partial charge in [-0.2, -0.15) is 5.10 Å². The molecular weight excluding hydrogens is 238 g/mol. The Morgan fingerprint density at radius 1 is 1.33 bits per heavy atom. The van der Waals surface area contributed by atoms with Crippen LogP contribution in [0.1, 0.15) is 10.6 Å². The Morgan fingerprint density at radius 2 is 2.00 bits per heavy atom. The van der Waals surface area contributed by atoms with E-state index in [1.54, 1.807) is 9.80 Å². The number of ether oxygens (including phenoxy) is 1. The highest BCUT2D eigenvalue weighted by atomic mass is 16.5. The highest BCUT2D eigenvalue weighted by Crippen LogP contribution is 2.05. The molecule has 1 fully saturated rings. The van der Waals surface area contributed by atoms with Gasteiger partial charge in [-0.3, -0.25) is 14.7 Å². The first-order valence-corrected chi connectivity index (χ1v) is 5.63. The van der Waals surface area contributed by atoms with Gasteiger partial charge in [-0.15, -0.1) is 0 Å². The predicted molar refractivity (Wildman–Crippen MR) is 60.7 cm³/mol. The Morgan fingerprint density at radius 3 is 2.56 bits per heavy atom. The van der Waals surface area contributed by atoms with Crippen LogP contribution in [0.3, 0.4) is 0 Å². The lowest BCUT2D eigenvalue weighted by molar-refractivity contribution is -0.136. The van der Waals surface area contributed by atoms with Crippen molar-refractivity contribution in [3.05, 3.63) is 12.2 Å². The summed E-state index contributed by atoms with van der Waals surface area (Å²) in [5.74, 6) is -0.0118. The Kier molecular flexibility index (Phi) is 3.88. The normalized spacial score (nSPS) is 15.8. The van der Waals surface area contributed by atoms with Crippen LogP contribution < -0.4 is 0 Å². The number of hydrogen-bond donors (Lipinski definition) is 1. The molecule has 0 saturated carbocycles. The predicted octanol–water partition coefficient (Wildman–Crippen LogP) is -1.26. The van der Waals surface area contributed by atoms with E-state index in [0.29, 0.717) is 26.2 Å². The first kappa shape index (κ1) is 12.5.